The van der Waals surface area contributed by atoms with Gasteiger partial charge in [0.25, 0.3) is 0 Å². The number of hydrogen-bond donors (Lipinski definition) is 1. The van der Waals surface area contributed by atoms with Crippen LogP contribution in [0.25, 0.3) is 0 Å². The molecule has 0 aromatic carbocycles. The number of methoxy groups -OCH3 is 1. The van der Waals surface area contributed by atoms with Gasteiger partial charge in [0.1, 0.15) is 11.8 Å². The number of hydrogen-bond acceptors (Lipinski definition) is 6. The van der Waals surface area contributed by atoms with Gasteiger partial charge in [-0.1, -0.05) is 11.4 Å². The Morgan fingerprint density at radius 1 is 1.53 bits per heavy atom. The van der Waals surface area contributed by atoms with Crippen LogP contribution >= 0.6 is 11.5 Å². The van der Waals surface area contributed by atoms with Gasteiger partial charge in [0.2, 0.25) is 0 Å². The van der Waals surface area contributed by atoms with Gasteiger partial charge in [-0.2, -0.15) is 5.10 Å². The standard InChI is InChI=1S/C10H14N4O2S/c1-3-4-14-9(7(16-2)5-12-14)10(15)8-6-11-13-17-8/h5-6,10,15H,3-4H2,1-2H3. The van der Waals surface area contributed by atoms with Crippen LogP contribution in [-0.4, -0.2) is 31.6 Å². The maximum Gasteiger partial charge on any atom is 0.163 e. The first-order valence-electron chi connectivity index (χ1n) is 5.33. The summed E-state index contributed by atoms with van der Waals surface area (Å²) in [5.41, 5.74) is 0.653. The van der Waals surface area contributed by atoms with E-state index in [2.05, 4.69) is 21.6 Å². The molecular formula is C10H14N4O2S. The highest BCUT2D eigenvalue weighted by molar-refractivity contribution is 7.05. The second-order valence-corrected chi connectivity index (χ2v) is 4.36. The highest BCUT2D eigenvalue weighted by Gasteiger charge is 2.22. The summed E-state index contributed by atoms with van der Waals surface area (Å²) in [6, 6.07) is 0. The van der Waals surface area contributed by atoms with E-state index in [0.29, 0.717) is 16.3 Å². The van der Waals surface area contributed by atoms with Gasteiger partial charge in [-0.25, -0.2) is 0 Å². The van der Waals surface area contributed by atoms with Crippen molar-refractivity contribution in [1.29, 1.82) is 0 Å². The Labute approximate surface area is 103 Å². The number of aliphatic hydroxyl groups excluding tert-OH is 1. The molecule has 7 heteroatoms. The van der Waals surface area contributed by atoms with Crippen molar-refractivity contribution in [3.05, 3.63) is 23.0 Å². The molecule has 0 aliphatic heterocycles. The van der Waals surface area contributed by atoms with Crippen molar-refractivity contribution >= 4 is 11.5 Å². The van der Waals surface area contributed by atoms with Crippen LogP contribution in [-0.2, 0) is 6.54 Å². The number of ether oxygens (including phenoxy) is 1. The zero-order valence-electron chi connectivity index (χ0n) is 9.70. The first kappa shape index (κ1) is 12.0. The summed E-state index contributed by atoms with van der Waals surface area (Å²) in [4.78, 5) is 0.682. The number of nitrogens with zero attached hydrogens (tertiary/aromatic N) is 4. The summed E-state index contributed by atoms with van der Waals surface area (Å²) >= 11 is 1.17. The Kier molecular flexibility index (Phi) is 3.70. The van der Waals surface area contributed by atoms with Gasteiger partial charge in [0.05, 0.1) is 24.4 Å². The molecule has 0 bridgehead atoms. The molecule has 0 spiro atoms. The average molecular weight is 254 g/mol. The largest absolute Gasteiger partial charge is 0.493 e. The van der Waals surface area contributed by atoms with E-state index >= 15 is 0 Å². The third-order valence-corrected chi connectivity index (χ3v) is 3.12. The topological polar surface area (TPSA) is 73.1 Å². The summed E-state index contributed by atoms with van der Waals surface area (Å²) in [6.07, 6.45) is 3.31. The second kappa shape index (κ2) is 5.24. The van der Waals surface area contributed by atoms with Crippen molar-refractivity contribution in [2.45, 2.75) is 26.0 Å². The summed E-state index contributed by atoms with van der Waals surface area (Å²) in [5.74, 6) is 0.583. The Bertz CT molecular complexity index is 469. The van der Waals surface area contributed by atoms with Crippen molar-refractivity contribution in [2.24, 2.45) is 0 Å². The van der Waals surface area contributed by atoms with Gasteiger partial charge >= 0.3 is 0 Å². The SMILES string of the molecule is CCCn1ncc(OC)c1C(O)c1cnns1. The van der Waals surface area contributed by atoms with E-state index in [4.69, 9.17) is 4.74 Å². The first-order chi connectivity index (χ1) is 8.27. The summed E-state index contributed by atoms with van der Waals surface area (Å²) in [7, 11) is 1.56. The lowest BCUT2D eigenvalue weighted by molar-refractivity contribution is 0.205. The number of rotatable bonds is 5. The molecule has 92 valence electrons. The summed E-state index contributed by atoms with van der Waals surface area (Å²) < 4.78 is 10.7. The van der Waals surface area contributed by atoms with Crippen LogP contribution in [0.3, 0.4) is 0 Å². The molecule has 2 aromatic heterocycles. The normalized spacial score (nSPS) is 12.6. The third kappa shape index (κ3) is 2.29. The summed E-state index contributed by atoms with van der Waals surface area (Å²) in [5, 5.41) is 18.2. The zero-order chi connectivity index (χ0) is 12.3. The third-order valence-electron chi connectivity index (χ3n) is 2.41. The van der Waals surface area contributed by atoms with Crippen molar-refractivity contribution in [2.75, 3.05) is 7.11 Å². The van der Waals surface area contributed by atoms with E-state index in [1.807, 2.05) is 0 Å². The van der Waals surface area contributed by atoms with E-state index in [1.165, 1.54) is 11.5 Å². The molecule has 2 heterocycles. The number of aryl methyl sites for hydroxylation is 1. The first-order valence-corrected chi connectivity index (χ1v) is 6.10. The lowest BCUT2D eigenvalue weighted by Gasteiger charge is -2.12. The van der Waals surface area contributed by atoms with Gasteiger partial charge in [-0.3, -0.25) is 4.68 Å². The van der Waals surface area contributed by atoms with E-state index < -0.39 is 6.10 Å². The molecule has 0 saturated carbocycles. The van der Waals surface area contributed by atoms with E-state index in [9.17, 15) is 5.11 Å². The fourth-order valence-corrected chi connectivity index (χ4v) is 2.13. The monoisotopic (exact) mass is 254 g/mol. The highest BCUT2D eigenvalue weighted by Crippen LogP contribution is 2.30. The van der Waals surface area contributed by atoms with Crippen molar-refractivity contribution in [1.82, 2.24) is 19.4 Å². The van der Waals surface area contributed by atoms with Gasteiger partial charge in [0, 0.05) is 6.54 Å². The zero-order valence-corrected chi connectivity index (χ0v) is 10.5. The van der Waals surface area contributed by atoms with Crippen LogP contribution in [0.15, 0.2) is 12.4 Å². The van der Waals surface area contributed by atoms with Crippen LogP contribution in [0.1, 0.15) is 30.0 Å². The molecule has 0 radical (unpaired) electrons. The molecule has 1 unspecified atom stereocenters. The minimum atomic E-state index is -0.793. The van der Waals surface area contributed by atoms with Gasteiger partial charge in [0.15, 0.2) is 5.75 Å². The van der Waals surface area contributed by atoms with Crippen molar-refractivity contribution < 1.29 is 9.84 Å². The van der Waals surface area contributed by atoms with Gasteiger partial charge < -0.3 is 9.84 Å². The molecule has 1 atom stereocenters. The smallest absolute Gasteiger partial charge is 0.163 e. The second-order valence-electron chi connectivity index (χ2n) is 3.54. The Hall–Kier alpha value is -1.47. The van der Waals surface area contributed by atoms with Gasteiger partial charge in [-0.05, 0) is 18.0 Å². The fraction of sp³-hybridized carbons (Fsp3) is 0.500. The predicted molar refractivity (Wildman–Crippen MR) is 63.0 cm³/mol. The maximum atomic E-state index is 10.3. The molecule has 0 aliphatic carbocycles. The van der Waals surface area contributed by atoms with E-state index in [0.717, 1.165) is 13.0 Å². The van der Waals surface area contributed by atoms with Crippen LogP contribution in [0.5, 0.6) is 5.75 Å². The Morgan fingerprint density at radius 3 is 2.94 bits per heavy atom. The van der Waals surface area contributed by atoms with Crippen molar-refractivity contribution in [3.63, 3.8) is 0 Å². The molecule has 1 N–H and O–H groups in total. The molecule has 17 heavy (non-hydrogen) atoms. The van der Waals surface area contributed by atoms with Crippen LogP contribution in [0.4, 0.5) is 0 Å². The molecular weight excluding hydrogens is 240 g/mol. The highest BCUT2D eigenvalue weighted by atomic mass is 32.1. The molecule has 0 amide bonds. The van der Waals surface area contributed by atoms with E-state index in [-0.39, 0.29) is 0 Å². The van der Waals surface area contributed by atoms with Crippen molar-refractivity contribution in [3.8, 4) is 5.75 Å². The maximum absolute atomic E-state index is 10.3. The number of aliphatic hydroxyl groups is 1. The van der Waals surface area contributed by atoms with Crippen LogP contribution < -0.4 is 4.74 Å². The van der Waals surface area contributed by atoms with E-state index in [1.54, 1.807) is 24.2 Å². The quantitative estimate of drug-likeness (QED) is 0.869. The minimum Gasteiger partial charge on any atom is -0.493 e. The molecule has 2 aromatic rings. The summed E-state index contributed by atoms with van der Waals surface area (Å²) in [6.45, 7) is 2.79. The fourth-order valence-electron chi connectivity index (χ4n) is 1.63. The molecule has 0 saturated heterocycles. The van der Waals surface area contributed by atoms with Crippen LogP contribution in [0, 0.1) is 0 Å². The lowest BCUT2D eigenvalue weighted by Crippen LogP contribution is -2.10. The number of aromatic nitrogens is 4. The van der Waals surface area contributed by atoms with Gasteiger partial charge in [-0.15, -0.1) is 5.10 Å². The Morgan fingerprint density at radius 2 is 2.35 bits per heavy atom. The Balaban J connectivity index is 2.38. The molecule has 0 fully saturated rings. The minimum absolute atomic E-state index is 0.583. The predicted octanol–water partition coefficient (Wildman–Crippen LogP) is 1.23. The molecule has 0 aliphatic rings. The van der Waals surface area contributed by atoms with Crippen LogP contribution in [0.2, 0.25) is 0 Å². The lowest BCUT2D eigenvalue weighted by atomic mass is 10.2. The molecule has 2 rings (SSSR count). The average Bonchev–Trinajstić information content (AvgIpc) is 2.97. The molecule has 6 nitrogen and oxygen atoms in total.